The van der Waals surface area contributed by atoms with Crippen LogP contribution >= 0.6 is 0 Å². The molecule has 56 heavy (non-hydrogen) atoms. The normalized spacial score (nSPS) is 29.6. The third-order valence-corrected chi connectivity index (χ3v) is 10.6. The molecule has 2 fully saturated rings. The van der Waals surface area contributed by atoms with Crippen LogP contribution in [0.1, 0.15) is 142 Å². The molecular weight excluding hydrogens is 726 g/mol. The van der Waals surface area contributed by atoms with Gasteiger partial charge in [0.2, 0.25) is 5.91 Å². The highest BCUT2D eigenvalue weighted by Gasteiger charge is 2.50. The zero-order valence-electron chi connectivity index (χ0n) is 34.1. The summed E-state index contributed by atoms with van der Waals surface area (Å²) in [5.74, 6) is -0.254. The summed E-state index contributed by atoms with van der Waals surface area (Å²) in [6.45, 7) is 2.68. The fourth-order valence-electron chi connectivity index (χ4n) is 6.97. The van der Waals surface area contributed by atoms with E-state index < -0.39 is 86.8 Å². The first-order valence-corrected chi connectivity index (χ1v) is 21.6. The van der Waals surface area contributed by atoms with Gasteiger partial charge in [0.25, 0.3) is 0 Å². The summed E-state index contributed by atoms with van der Waals surface area (Å²) in [5.41, 5.74) is 0. The second-order valence-electron chi connectivity index (χ2n) is 15.5. The molecule has 0 aromatic carbocycles. The fraction of sp³-hybridized carbons (Fsp3) is 0.881. The number of ether oxygens (including phenoxy) is 4. The maximum absolute atomic E-state index is 13.0. The molecule has 0 aromatic rings. The standard InChI is InChI=1S/C42H77NO13/c1-3-5-7-9-11-13-15-17-19-21-23-25-31(46)30(43-34(47)26-24-22-20-18-16-14-12-10-8-6-4-2)29-53-41-39(52)37(50)40(33(28-45)55-41)56-42-38(51)36(49)35(48)32(27-44)54-42/h10,12,23,25,30-33,35-42,44-46,48-52H,3-9,11,13-22,24,26-29H2,1-2H3,(H,43,47)/b12-10-,25-23+. The highest BCUT2D eigenvalue weighted by molar-refractivity contribution is 5.76. The number of aliphatic hydroxyl groups is 8. The van der Waals surface area contributed by atoms with Gasteiger partial charge in [-0.2, -0.15) is 0 Å². The number of amides is 1. The lowest BCUT2D eigenvalue weighted by molar-refractivity contribution is -0.359. The second-order valence-corrected chi connectivity index (χ2v) is 15.5. The molecule has 0 aliphatic carbocycles. The van der Waals surface area contributed by atoms with Crippen molar-refractivity contribution >= 4 is 5.91 Å². The van der Waals surface area contributed by atoms with E-state index in [2.05, 4.69) is 31.3 Å². The predicted molar refractivity (Wildman–Crippen MR) is 212 cm³/mol. The Labute approximate surface area is 335 Å². The van der Waals surface area contributed by atoms with Crippen molar-refractivity contribution in [2.24, 2.45) is 0 Å². The molecular formula is C42H77NO13. The first-order valence-electron chi connectivity index (χ1n) is 21.6. The number of rotatable bonds is 31. The van der Waals surface area contributed by atoms with E-state index in [0.29, 0.717) is 6.42 Å². The van der Waals surface area contributed by atoms with Crippen LogP contribution in [0.15, 0.2) is 24.3 Å². The molecule has 2 heterocycles. The topological polar surface area (TPSA) is 228 Å². The van der Waals surface area contributed by atoms with Gasteiger partial charge in [-0.15, -0.1) is 0 Å². The molecule has 12 atom stereocenters. The van der Waals surface area contributed by atoms with Gasteiger partial charge >= 0.3 is 0 Å². The molecule has 2 rings (SSSR count). The Balaban J connectivity index is 1.94. The van der Waals surface area contributed by atoms with Crippen LogP contribution in [0.2, 0.25) is 0 Å². The van der Waals surface area contributed by atoms with Crippen LogP contribution in [-0.4, -0.2) is 140 Å². The van der Waals surface area contributed by atoms with Crippen LogP contribution in [0.4, 0.5) is 0 Å². The van der Waals surface area contributed by atoms with E-state index in [1.54, 1.807) is 6.08 Å². The Kier molecular flexibility index (Phi) is 27.6. The lowest BCUT2D eigenvalue weighted by Gasteiger charge is -2.46. The summed E-state index contributed by atoms with van der Waals surface area (Å²) in [6, 6.07) is -0.912. The summed E-state index contributed by atoms with van der Waals surface area (Å²) in [4.78, 5) is 13.0. The van der Waals surface area contributed by atoms with Gasteiger partial charge in [0.1, 0.15) is 48.8 Å². The van der Waals surface area contributed by atoms with Crippen LogP contribution in [0.25, 0.3) is 0 Å². The van der Waals surface area contributed by atoms with Crippen molar-refractivity contribution < 1.29 is 64.6 Å². The summed E-state index contributed by atoms with van der Waals surface area (Å²) < 4.78 is 22.6. The number of aliphatic hydroxyl groups excluding tert-OH is 8. The summed E-state index contributed by atoms with van der Waals surface area (Å²) >= 11 is 0. The quantitative estimate of drug-likeness (QED) is 0.0362. The predicted octanol–water partition coefficient (Wildman–Crippen LogP) is 3.43. The van der Waals surface area contributed by atoms with Crippen LogP contribution in [0, 0.1) is 0 Å². The molecule has 0 bridgehead atoms. The Hall–Kier alpha value is -1.53. The molecule has 14 heteroatoms. The minimum atomic E-state index is -1.78. The van der Waals surface area contributed by atoms with Crippen LogP contribution in [0.3, 0.4) is 0 Å². The zero-order chi connectivity index (χ0) is 41.1. The number of carbonyl (C=O) groups is 1. The van der Waals surface area contributed by atoms with Gasteiger partial charge < -0.3 is 65.1 Å². The summed E-state index contributed by atoms with van der Waals surface area (Å²) in [6.07, 6.45) is 12.4. The smallest absolute Gasteiger partial charge is 0.220 e. The SMILES string of the molecule is CCCC/C=C\CCCCCCCC(=O)NC(COC1OC(CO)C(OC2OC(CO)C(O)C(O)C2O)C(O)C1O)C(O)/C=C/CCCCCCCCCCC. The lowest BCUT2D eigenvalue weighted by atomic mass is 9.97. The molecule has 9 N–H and O–H groups in total. The number of unbranched alkanes of at least 4 members (excludes halogenated alkanes) is 16. The Bertz CT molecular complexity index is 1050. The van der Waals surface area contributed by atoms with Crippen LogP contribution < -0.4 is 5.32 Å². The second kappa shape index (κ2) is 30.5. The Morgan fingerprint density at radius 3 is 1.75 bits per heavy atom. The zero-order valence-corrected chi connectivity index (χ0v) is 34.1. The van der Waals surface area contributed by atoms with Crippen LogP contribution in [-0.2, 0) is 23.7 Å². The summed E-state index contributed by atoms with van der Waals surface area (Å²) in [7, 11) is 0. The van der Waals surface area contributed by atoms with Gasteiger partial charge in [-0.25, -0.2) is 0 Å². The van der Waals surface area contributed by atoms with E-state index in [9.17, 15) is 45.6 Å². The van der Waals surface area contributed by atoms with Crippen molar-refractivity contribution in [2.45, 2.75) is 216 Å². The lowest BCUT2D eigenvalue weighted by Crippen LogP contribution is -2.65. The van der Waals surface area contributed by atoms with Gasteiger partial charge in [-0.1, -0.05) is 122 Å². The molecule has 328 valence electrons. The van der Waals surface area contributed by atoms with Crippen molar-refractivity contribution in [3.63, 3.8) is 0 Å². The largest absolute Gasteiger partial charge is 0.394 e. The molecule has 2 saturated heterocycles. The molecule has 0 aromatic heterocycles. The van der Waals surface area contributed by atoms with Gasteiger partial charge in [-0.05, 0) is 38.5 Å². The average Bonchev–Trinajstić information content (AvgIpc) is 3.19. The fourth-order valence-corrected chi connectivity index (χ4v) is 6.97. The molecule has 2 aliphatic heterocycles. The van der Waals surface area contributed by atoms with Crippen molar-refractivity contribution in [1.29, 1.82) is 0 Å². The molecule has 1 amide bonds. The molecule has 2 aliphatic rings. The maximum Gasteiger partial charge on any atom is 0.220 e. The minimum Gasteiger partial charge on any atom is -0.394 e. The number of nitrogens with one attached hydrogen (secondary N) is 1. The van der Waals surface area contributed by atoms with Crippen molar-refractivity contribution in [2.75, 3.05) is 19.8 Å². The Morgan fingerprint density at radius 2 is 1.14 bits per heavy atom. The first-order chi connectivity index (χ1) is 27.1. The van der Waals surface area contributed by atoms with Crippen molar-refractivity contribution in [1.82, 2.24) is 5.32 Å². The highest BCUT2D eigenvalue weighted by atomic mass is 16.7. The van der Waals surface area contributed by atoms with Crippen molar-refractivity contribution in [3.05, 3.63) is 24.3 Å². The van der Waals surface area contributed by atoms with E-state index in [4.69, 9.17) is 18.9 Å². The minimum absolute atomic E-state index is 0.254. The first kappa shape index (κ1) is 50.6. The van der Waals surface area contributed by atoms with E-state index in [0.717, 1.165) is 57.8 Å². The molecule has 0 spiro atoms. The van der Waals surface area contributed by atoms with E-state index in [-0.39, 0.29) is 18.9 Å². The van der Waals surface area contributed by atoms with E-state index in [1.807, 2.05) is 6.08 Å². The molecule has 0 saturated carbocycles. The van der Waals surface area contributed by atoms with Crippen LogP contribution in [0.5, 0.6) is 0 Å². The van der Waals surface area contributed by atoms with Crippen molar-refractivity contribution in [3.8, 4) is 0 Å². The van der Waals surface area contributed by atoms with E-state index >= 15 is 0 Å². The number of hydrogen-bond acceptors (Lipinski definition) is 13. The third-order valence-electron chi connectivity index (χ3n) is 10.6. The monoisotopic (exact) mass is 804 g/mol. The van der Waals surface area contributed by atoms with Gasteiger partial charge in [0.15, 0.2) is 12.6 Å². The van der Waals surface area contributed by atoms with Gasteiger partial charge in [0, 0.05) is 6.42 Å². The number of hydrogen-bond donors (Lipinski definition) is 9. The molecule has 12 unspecified atom stereocenters. The Morgan fingerprint density at radius 1 is 0.625 bits per heavy atom. The third kappa shape index (κ3) is 19.0. The van der Waals surface area contributed by atoms with E-state index in [1.165, 1.54) is 57.8 Å². The summed E-state index contributed by atoms with van der Waals surface area (Å²) in [5, 5.41) is 86.2. The van der Waals surface area contributed by atoms with Gasteiger partial charge in [-0.3, -0.25) is 4.79 Å². The molecule has 14 nitrogen and oxygen atoms in total. The average molecular weight is 804 g/mol. The molecule has 0 radical (unpaired) electrons. The highest BCUT2D eigenvalue weighted by Crippen LogP contribution is 2.30. The van der Waals surface area contributed by atoms with Gasteiger partial charge in [0.05, 0.1) is 32.0 Å². The maximum atomic E-state index is 13.0. The number of carbonyl (C=O) groups excluding carboxylic acids is 1. The number of allylic oxidation sites excluding steroid dienone is 3.